The summed E-state index contributed by atoms with van der Waals surface area (Å²) in [7, 11) is 4.00. The molecule has 168 valence electrons. The lowest BCUT2D eigenvalue weighted by Crippen LogP contribution is -2.46. The molecule has 0 unspecified atom stereocenters. The SMILES string of the molecule is CN(C)CC(C)(C)CNC(=O)C1CCN(C(=O)Cc2ccc(C(F)(F)F)cc2)CC1. The fourth-order valence-corrected chi connectivity index (χ4v) is 3.87. The second-order valence-electron chi connectivity index (χ2n) is 9.15. The van der Waals surface area contributed by atoms with E-state index >= 15 is 0 Å². The first-order valence-electron chi connectivity index (χ1n) is 10.2. The van der Waals surface area contributed by atoms with E-state index in [1.54, 1.807) is 4.90 Å². The van der Waals surface area contributed by atoms with Crippen LogP contribution in [0.3, 0.4) is 0 Å². The average Bonchev–Trinajstić information content (AvgIpc) is 2.65. The molecule has 8 heteroatoms. The normalized spacial score (nSPS) is 16.1. The van der Waals surface area contributed by atoms with Gasteiger partial charge in [0.25, 0.3) is 0 Å². The Morgan fingerprint density at radius 1 is 1.10 bits per heavy atom. The molecule has 1 saturated heterocycles. The van der Waals surface area contributed by atoms with Crippen molar-refractivity contribution < 1.29 is 22.8 Å². The Kier molecular flexibility index (Phi) is 7.91. The van der Waals surface area contributed by atoms with Crippen molar-refractivity contribution in [1.82, 2.24) is 15.1 Å². The lowest BCUT2D eigenvalue weighted by atomic mass is 9.91. The van der Waals surface area contributed by atoms with Crippen molar-refractivity contribution in [2.75, 3.05) is 40.3 Å². The van der Waals surface area contributed by atoms with Crippen LogP contribution in [0.15, 0.2) is 24.3 Å². The van der Waals surface area contributed by atoms with Crippen LogP contribution in [0.25, 0.3) is 0 Å². The number of hydrogen-bond acceptors (Lipinski definition) is 3. The predicted molar refractivity (Wildman–Crippen MR) is 110 cm³/mol. The van der Waals surface area contributed by atoms with Crippen molar-refractivity contribution in [1.29, 1.82) is 0 Å². The third-order valence-electron chi connectivity index (χ3n) is 5.34. The molecule has 0 atom stereocenters. The van der Waals surface area contributed by atoms with E-state index in [-0.39, 0.29) is 29.6 Å². The fraction of sp³-hybridized carbons (Fsp3) is 0.636. The molecule has 0 aromatic heterocycles. The Labute approximate surface area is 176 Å². The third-order valence-corrected chi connectivity index (χ3v) is 5.34. The summed E-state index contributed by atoms with van der Waals surface area (Å²) < 4.78 is 37.9. The molecular weight excluding hydrogens is 395 g/mol. The molecule has 0 spiro atoms. The molecular formula is C22H32F3N3O2. The van der Waals surface area contributed by atoms with Gasteiger partial charge in [0.2, 0.25) is 11.8 Å². The van der Waals surface area contributed by atoms with Gasteiger partial charge >= 0.3 is 6.18 Å². The van der Waals surface area contributed by atoms with Gasteiger partial charge in [-0.1, -0.05) is 26.0 Å². The van der Waals surface area contributed by atoms with Crippen LogP contribution >= 0.6 is 0 Å². The van der Waals surface area contributed by atoms with E-state index in [4.69, 9.17) is 0 Å². The van der Waals surface area contributed by atoms with Gasteiger partial charge < -0.3 is 15.1 Å². The van der Waals surface area contributed by atoms with Crippen molar-refractivity contribution in [2.45, 2.75) is 39.3 Å². The molecule has 0 radical (unpaired) electrons. The second kappa shape index (κ2) is 9.81. The van der Waals surface area contributed by atoms with Crippen LogP contribution in [0.5, 0.6) is 0 Å². The summed E-state index contributed by atoms with van der Waals surface area (Å²) in [5.41, 5.74) is -0.201. The molecule has 1 fully saturated rings. The van der Waals surface area contributed by atoms with Crippen LogP contribution in [0.2, 0.25) is 0 Å². The number of piperidine rings is 1. The highest BCUT2D eigenvalue weighted by Gasteiger charge is 2.31. The zero-order valence-corrected chi connectivity index (χ0v) is 18.2. The Morgan fingerprint density at radius 3 is 2.17 bits per heavy atom. The molecule has 0 saturated carbocycles. The number of halogens is 3. The number of nitrogens with zero attached hydrogens (tertiary/aromatic N) is 2. The Morgan fingerprint density at radius 2 is 1.67 bits per heavy atom. The van der Waals surface area contributed by atoms with Gasteiger partial charge in [0.1, 0.15) is 0 Å². The molecule has 5 nitrogen and oxygen atoms in total. The van der Waals surface area contributed by atoms with Crippen molar-refractivity contribution in [3.63, 3.8) is 0 Å². The highest BCUT2D eigenvalue weighted by molar-refractivity contribution is 5.81. The minimum Gasteiger partial charge on any atom is -0.355 e. The van der Waals surface area contributed by atoms with Crippen molar-refractivity contribution in [3.8, 4) is 0 Å². The molecule has 30 heavy (non-hydrogen) atoms. The summed E-state index contributed by atoms with van der Waals surface area (Å²) in [5.74, 6) is -0.215. The largest absolute Gasteiger partial charge is 0.416 e. The fourth-order valence-electron chi connectivity index (χ4n) is 3.87. The van der Waals surface area contributed by atoms with E-state index in [0.29, 0.717) is 38.0 Å². The molecule has 1 aliphatic rings. The van der Waals surface area contributed by atoms with E-state index < -0.39 is 11.7 Å². The molecule has 2 rings (SSSR count). The highest BCUT2D eigenvalue weighted by atomic mass is 19.4. The van der Waals surface area contributed by atoms with Gasteiger partial charge in [-0.3, -0.25) is 9.59 Å². The number of carbonyl (C=O) groups excluding carboxylic acids is 2. The molecule has 1 N–H and O–H groups in total. The molecule has 2 amide bonds. The summed E-state index contributed by atoms with van der Waals surface area (Å²) in [5, 5.41) is 3.04. The maximum absolute atomic E-state index is 12.6. The number of benzene rings is 1. The van der Waals surface area contributed by atoms with Crippen molar-refractivity contribution in [2.24, 2.45) is 11.3 Å². The van der Waals surface area contributed by atoms with Gasteiger partial charge in [-0.25, -0.2) is 0 Å². The van der Waals surface area contributed by atoms with Gasteiger partial charge in [-0.05, 0) is 50.0 Å². The number of hydrogen-bond donors (Lipinski definition) is 1. The third kappa shape index (κ3) is 7.31. The van der Waals surface area contributed by atoms with Crippen LogP contribution < -0.4 is 5.32 Å². The van der Waals surface area contributed by atoms with E-state index in [1.807, 2.05) is 14.1 Å². The molecule has 1 aromatic rings. The number of rotatable bonds is 7. The van der Waals surface area contributed by atoms with E-state index in [2.05, 4.69) is 24.1 Å². The van der Waals surface area contributed by atoms with E-state index in [1.165, 1.54) is 12.1 Å². The Bertz CT molecular complexity index is 722. The van der Waals surface area contributed by atoms with Crippen molar-refractivity contribution in [3.05, 3.63) is 35.4 Å². The summed E-state index contributed by atoms with van der Waals surface area (Å²) in [6.07, 6.45) is -3.13. The van der Waals surface area contributed by atoms with Crippen LogP contribution in [0.1, 0.15) is 37.8 Å². The quantitative estimate of drug-likeness (QED) is 0.727. The Balaban J connectivity index is 1.79. The Hall–Kier alpha value is -2.09. The lowest BCUT2D eigenvalue weighted by Gasteiger charge is -2.33. The molecule has 0 aliphatic carbocycles. The zero-order chi connectivity index (χ0) is 22.5. The van der Waals surface area contributed by atoms with Crippen LogP contribution in [0, 0.1) is 11.3 Å². The molecule has 1 heterocycles. The molecule has 0 bridgehead atoms. The summed E-state index contributed by atoms with van der Waals surface area (Å²) in [4.78, 5) is 28.8. The molecule has 1 aromatic carbocycles. The maximum atomic E-state index is 12.6. The number of nitrogens with one attached hydrogen (secondary N) is 1. The number of carbonyl (C=O) groups is 2. The van der Waals surface area contributed by atoms with E-state index in [0.717, 1.165) is 18.7 Å². The van der Waals surface area contributed by atoms with Gasteiger partial charge in [0.15, 0.2) is 0 Å². The number of alkyl halides is 3. The van der Waals surface area contributed by atoms with Crippen molar-refractivity contribution >= 4 is 11.8 Å². The first-order chi connectivity index (χ1) is 13.9. The monoisotopic (exact) mass is 427 g/mol. The van der Waals surface area contributed by atoms with Gasteiger partial charge in [-0.2, -0.15) is 13.2 Å². The molecule has 1 aliphatic heterocycles. The topological polar surface area (TPSA) is 52.7 Å². The minimum absolute atomic E-state index is 0.0247. The minimum atomic E-state index is -4.38. The summed E-state index contributed by atoms with van der Waals surface area (Å²) in [6.45, 7) is 6.64. The zero-order valence-electron chi connectivity index (χ0n) is 18.2. The number of amides is 2. The average molecular weight is 428 g/mol. The highest BCUT2D eigenvalue weighted by Crippen LogP contribution is 2.29. The lowest BCUT2D eigenvalue weighted by molar-refractivity contribution is -0.137. The smallest absolute Gasteiger partial charge is 0.355 e. The van der Waals surface area contributed by atoms with Gasteiger partial charge in [0.05, 0.1) is 12.0 Å². The van der Waals surface area contributed by atoms with Crippen LogP contribution in [0.4, 0.5) is 13.2 Å². The second-order valence-corrected chi connectivity index (χ2v) is 9.15. The maximum Gasteiger partial charge on any atom is 0.416 e. The van der Waals surface area contributed by atoms with Gasteiger partial charge in [-0.15, -0.1) is 0 Å². The summed E-state index contributed by atoms with van der Waals surface area (Å²) in [6, 6.07) is 4.68. The standard InChI is InChI=1S/C22H32F3N3O2/c1-21(2,15-27(3)4)14-26-20(30)17-9-11-28(12-10-17)19(29)13-16-5-7-18(8-6-16)22(23,24)25/h5-8,17H,9-15H2,1-4H3,(H,26,30). The first-order valence-corrected chi connectivity index (χ1v) is 10.2. The van der Waals surface area contributed by atoms with E-state index in [9.17, 15) is 22.8 Å². The van der Waals surface area contributed by atoms with Crippen LogP contribution in [-0.4, -0.2) is 61.9 Å². The summed E-state index contributed by atoms with van der Waals surface area (Å²) >= 11 is 0. The van der Waals surface area contributed by atoms with Crippen LogP contribution in [-0.2, 0) is 22.2 Å². The first kappa shape index (κ1) is 24.2. The number of likely N-dealkylation sites (tertiary alicyclic amines) is 1. The van der Waals surface area contributed by atoms with Gasteiger partial charge in [0, 0.05) is 32.1 Å². The predicted octanol–water partition coefficient (Wildman–Crippen LogP) is 3.19.